The van der Waals surface area contributed by atoms with Gasteiger partial charge in [-0.1, -0.05) is 24.6 Å². The van der Waals surface area contributed by atoms with E-state index in [0.717, 1.165) is 48.2 Å². The highest BCUT2D eigenvalue weighted by molar-refractivity contribution is 9.10. The van der Waals surface area contributed by atoms with Crippen molar-refractivity contribution in [3.63, 3.8) is 0 Å². The van der Waals surface area contributed by atoms with Gasteiger partial charge in [0.05, 0.1) is 23.1 Å². The van der Waals surface area contributed by atoms with Crippen molar-refractivity contribution in [1.29, 1.82) is 0 Å². The van der Waals surface area contributed by atoms with Crippen LogP contribution in [0.5, 0.6) is 5.75 Å². The first-order chi connectivity index (χ1) is 13.6. The smallest absolute Gasteiger partial charge is 0.313 e. The Hall–Kier alpha value is -1.33. The predicted molar refractivity (Wildman–Crippen MR) is 114 cm³/mol. The first-order valence-corrected chi connectivity index (χ1v) is 11.3. The van der Waals surface area contributed by atoms with Gasteiger partial charge in [0.25, 0.3) is 0 Å². The molecule has 0 amide bonds. The lowest BCUT2D eigenvalue weighted by Crippen LogP contribution is -2.31. The van der Waals surface area contributed by atoms with Crippen LogP contribution in [0.1, 0.15) is 44.1 Å². The number of ether oxygens (including phenoxy) is 2. The van der Waals surface area contributed by atoms with Crippen LogP contribution in [0.3, 0.4) is 0 Å². The highest BCUT2D eigenvalue weighted by Crippen LogP contribution is 2.52. The summed E-state index contributed by atoms with van der Waals surface area (Å²) in [7, 11) is 0. The van der Waals surface area contributed by atoms with Crippen LogP contribution in [0.2, 0.25) is 0 Å². The molecule has 0 spiro atoms. The highest BCUT2D eigenvalue weighted by atomic mass is 79.9. The van der Waals surface area contributed by atoms with Crippen molar-refractivity contribution in [2.75, 3.05) is 32.8 Å². The number of halogens is 1. The first kappa shape index (κ1) is 20.0. The van der Waals surface area contributed by atoms with Crippen LogP contribution in [0.25, 0.3) is 0 Å². The van der Waals surface area contributed by atoms with E-state index in [-0.39, 0.29) is 11.9 Å². The van der Waals surface area contributed by atoms with E-state index in [1.165, 1.54) is 37.9 Å². The molecule has 0 bridgehead atoms. The van der Waals surface area contributed by atoms with Gasteiger partial charge in [-0.3, -0.25) is 4.79 Å². The van der Waals surface area contributed by atoms with Gasteiger partial charge in [-0.05, 0) is 85.2 Å². The number of carbonyl (C=O) groups is 1. The number of hydrogen-bond acceptors (Lipinski definition) is 4. The monoisotopic (exact) mass is 447 g/mol. The van der Waals surface area contributed by atoms with Gasteiger partial charge in [-0.25, -0.2) is 0 Å². The molecule has 152 valence electrons. The molecule has 4 rings (SSSR count). The number of carbonyl (C=O) groups excluding carboxylic acids is 1. The summed E-state index contributed by atoms with van der Waals surface area (Å²) in [4.78, 5) is 15.0. The molecule has 2 aliphatic heterocycles. The van der Waals surface area contributed by atoms with Gasteiger partial charge in [0, 0.05) is 12.5 Å². The van der Waals surface area contributed by atoms with Crippen LogP contribution < -0.4 is 4.74 Å². The zero-order chi connectivity index (χ0) is 19.6. The number of piperidine rings is 1. The summed E-state index contributed by atoms with van der Waals surface area (Å²) in [6.07, 6.45) is 7.46. The second-order valence-corrected chi connectivity index (χ2v) is 9.48. The minimum Gasteiger partial charge on any atom is -0.492 e. The fraction of sp³-hybridized carbons (Fsp3) is 0.609. The molecule has 5 heteroatoms. The molecule has 1 aromatic carbocycles. The zero-order valence-corrected chi connectivity index (χ0v) is 18.1. The molecule has 28 heavy (non-hydrogen) atoms. The maximum Gasteiger partial charge on any atom is 0.313 e. The van der Waals surface area contributed by atoms with Crippen molar-refractivity contribution < 1.29 is 14.3 Å². The third kappa shape index (κ3) is 4.16. The molecular weight excluding hydrogens is 418 g/mol. The molecule has 2 unspecified atom stereocenters. The minimum atomic E-state index is -0.409. The van der Waals surface area contributed by atoms with Gasteiger partial charge in [0.1, 0.15) is 5.75 Å². The molecule has 3 aliphatic rings. The third-order valence-corrected chi connectivity index (χ3v) is 7.16. The van der Waals surface area contributed by atoms with Crippen molar-refractivity contribution >= 4 is 21.9 Å². The predicted octanol–water partition coefficient (Wildman–Crippen LogP) is 4.76. The van der Waals surface area contributed by atoms with Crippen LogP contribution >= 0.6 is 15.9 Å². The molecular formula is C23H30BrNO3. The number of esters is 1. The summed E-state index contributed by atoms with van der Waals surface area (Å²) in [5.41, 5.74) is 1.91. The summed E-state index contributed by atoms with van der Waals surface area (Å²) in [6, 6.07) is 6.21. The van der Waals surface area contributed by atoms with Crippen LogP contribution in [-0.2, 0) is 16.0 Å². The van der Waals surface area contributed by atoms with Crippen molar-refractivity contribution in [2.45, 2.75) is 44.9 Å². The maximum absolute atomic E-state index is 12.5. The average molecular weight is 448 g/mol. The van der Waals surface area contributed by atoms with Gasteiger partial charge in [0.2, 0.25) is 0 Å². The molecule has 2 heterocycles. The molecule has 2 atom stereocenters. The SMILES string of the molecule is C=C1CC2COC(=O)C2(Cc2ccc(OCCCN3CCCCC3)c(Br)c2)C1. The largest absolute Gasteiger partial charge is 0.492 e. The van der Waals surface area contributed by atoms with Crippen LogP contribution in [-0.4, -0.2) is 43.7 Å². The Balaban J connectivity index is 1.33. The Morgan fingerprint density at radius 2 is 2.11 bits per heavy atom. The number of hydrogen-bond donors (Lipinski definition) is 0. The third-order valence-electron chi connectivity index (χ3n) is 6.54. The summed E-state index contributed by atoms with van der Waals surface area (Å²) in [5.74, 6) is 1.10. The lowest BCUT2D eigenvalue weighted by molar-refractivity contribution is -0.146. The first-order valence-electron chi connectivity index (χ1n) is 10.5. The maximum atomic E-state index is 12.5. The number of allylic oxidation sites excluding steroid dienone is 1. The molecule has 3 fully saturated rings. The fourth-order valence-electron chi connectivity index (χ4n) is 5.05. The summed E-state index contributed by atoms with van der Waals surface area (Å²) in [5, 5.41) is 0. The van der Waals surface area contributed by atoms with E-state index < -0.39 is 5.41 Å². The van der Waals surface area contributed by atoms with E-state index >= 15 is 0 Å². The van der Waals surface area contributed by atoms with Gasteiger partial charge in [0.15, 0.2) is 0 Å². The van der Waals surface area contributed by atoms with Crippen molar-refractivity contribution in [2.24, 2.45) is 11.3 Å². The van der Waals surface area contributed by atoms with Crippen LogP contribution in [0, 0.1) is 11.3 Å². The Labute approximate surface area is 176 Å². The van der Waals surface area contributed by atoms with E-state index in [1.54, 1.807) is 0 Å². The molecule has 2 saturated heterocycles. The number of fused-ring (bicyclic) bond motifs is 1. The molecule has 1 saturated carbocycles. The van der Waals surface area contributed by atoms with Crippen molar-refractivity contribution in [3.05, 3.63) is 40.4 Å². The zero-order valence-electron chi connectivity index (χ0n) is 16.6. The Bertz CT molecular complexity index is 743. The van der Waals surface area contributed by atoms with E-state index in [4.69, 9.17) is 9.47 Å². The van der Waals surface area contributed by atoms with Gasteiger partial charge in [-0.2, -0.15) is 0 Å². The van der Waals surface area contributed by atoms with Crippen molar-refractivity contribution in [3.8, 4) is 5.75 Å². The molecule has 4 nitrogen and oxygen atoms in total. The number of likely N-dealkylation sites (tertiary alicyclic amines) is 1. The van der Waals surface area contributed by atoms with Crippen molar-refractivity contribution in [1.82, 2.24) is 4.90 Å². The van der Waals surface area contributed by atoms with Gasteiger partial charge in [-0.15, -0.1) is 0 Å². The summed E-state index contributed by atoms with van der Waals surface area (Å²) >= 11 is 3.65. The van der Waals surface area contributed by atoms with E-state index in [2.05, 4.69) is 39.5 Å². The standard InChI is InChI=1S/C23H30BrNO3/c1-17-12-19-16-28-22(26)23(19,14-17)15-18-6-7-21(20(24)13-18)27-11-5-10-25-8-3-2-4-9-25/h6-7,13,19H,1-5,8-12,14-16H2. The Kier molecular flexibility index (Phi) is 6.12. The number of rotatable bonds is 7. The van der Waals surface area contributed by atoms with Gasteiger partial charge >= 0.3 is 5.97 Å². The molecule has 0 aromatic heterocycles. The fourth-order valence-corrected chi connectivity index (χ4v) is 5.59. The minimum absolute atomic E-state index is 0.0506. The molecule has 0 radical (unpaired) electrons. The highest BCUT2D eigenvalue weighted by Gasteiger charge is 2.55. The lowest BCUT2D eigenvalue weighted by atomic mass is 9.75. The quantitative estimate of drug-likeness (QED) is 0.343. The number of nitrogens with zero attached hydrogens (tertiary/aromatic N) is 1. The normalized spacial score (nSPS) is 27.7. The molecule has 1 aliphatic carbocycles. The molecule has 0 N–H and O–H groups in total. The number of cyclic esters (lactones) is 1. The summed E-state index contributed by atoms with van der Waals surface area (Å²) in [6.45, 7) is 8.97. The number of benzene rings is 1. The Morgan fingerprint density at radius 3 is 2.89 bits per heavy atom. The molecule has 1 aromatic rings. The van der Waals surface area contributed by atoms with Gasteiger partial charge < -0.3 is 14.4 Å². The van der Waals surface area contributed by atoms with E-state index in [1.807, 2.05) is 6.07 Å². The topological polar surface area (TPSA) is 38.8 Å². The second kappa shape index (κ2) is 8.58. The van der Waals surface area contributed by atoms with Crippen LogP contribution in [0.15, 0.2) is 34.8 Å². The van der Waals surface area contributed by atoms with E-state index in [0.29, 0.717) is 13.0 Å². The van der Waals surface area contributed by atoms with Crippen LogP contribution in [0.4, 0.5) is 0 Å². The van der Waals surface area contributed by atoms with E-state index in [9.17, 15) is 4.79 Å². The average Bonchev–Trinajstić information content (AvgIpc) is 3.15. The lowest BCUT2D eigenvalue weighted by Gasteiger charge is -2.26. The second-order valence-electron chi connectivity index (χ2n) is 8.63. The Morgan fingerprint density at radius 1 is 1.29 bits per heavy atom. The summed E-state index contributed by atoms with van der Waals surface area (Å²) < 4.78 is 12.3.